The number of hydrogen-bond acceptors (Lipinski definition) is 5. The average Bonchev–Trinajstić information content (AvgIpc) is 3.04. The molecular weight excluding hydrogens is 346 g/mol. The lowest BCUT2D eigenvalue weighted by Gasteiger charge is -2.04. The fourth-order valence-corrected chi connectivity index (χ4v) is 3.11. The highest BCUT2D eigenvalue weighted by atomic mass is 35.5. The normalized spacial score (nSPS) is 10.4. The molecule has 1 aromatic heterocycles. The highest BCUT2D eigenvalue weighted by Crippen LogP contribution is 2.26. The minimum absolute atomic E-state index is 0.114. The molecule has 4 nitrogen and oxygen atoms in total. The van der Waals surface area contributed by atoms with Gasteiger partial charge in [0.1, 0.15) is 16.5 Å². The van der Waals surface area contributed by atoms with Gasteiger partial charge in [-0.3, -0.25) is 4.79 Å². The van der Waals surface area contributed by atoms with Crippen LogP contribution in [0, 0.1) is 0 Å². The van der Waals surface area contributed by atoms with Crippen LogP contribution in [0.1, 0.15) is 5.69 Å². The molecule has 0 aliphatic carbocycles. The number of esters is 1. The SMILES string of the molecule is COc1ccc(OC(=O)Cc2csc(-c3cccc(Cl)c3)n2)cc1. The number of halogens is 1. The van der Waals surface area contributed by atoms with Gasteiger partial charge in [-0.25, -0.2) is 4.98 Å². The van der Waals surface area contributed by atoms with Crippen LogP contribution in [0.4, 0.5) is 0 Å². The molecule has 0 fully saturated rings. The highest BCUT2D eigenvalue weighted by molar-refractivity contribution is 7.13. The van der Waals surface area contributed by atoms with Gasteiger partial charge in [-0.05, 0) is 36.4 Å². The van der Waals surface area contributed by atoms with Crippen LogP contribution in [0.2, 0.25) is 5.02 Å². The van der Waals surface area contributed by atoms with Gasteiger partial charge >= 0.3 is 5.97 Å². The van der Waals surface area contributed by atoms with Crippen LogP contribution in [0.3, 0.4) is 0 Å². The third-order valence-corrected chi connectivity index (χ3v) is 4.42. The largest absolute Gasteiger partial charge is 0.497 e. The maximum Gasteiger partial charge on any atom is 0.317 e. The molecule has 1 heterocycles. The summed E-state index contributed by atoms with van der Waals surface area (Å²) in [7, 11) is 1.58. The van der Waals surface area contributed by atoms with Crippen LogP contribution < -0.4 is 9.47 Å². The monoisotopic (exact) mass is 359 g/mol. The van der Waals surface area contributed by atoms with Crippen LogP contribution in [0.15, 0.2) is 53.9 Å². The molecule has 122 valence electrons. The van der Waals surface area contributed by atoms with Crippen molar-refractivity contribution in [2.45, 2.75) is 6.42 Å². The van der Waals surface area contributed by atoms with E-state index in [0.717, 1.165) is 10.6 Å². The number of carbonyl (C=O) groups excluding carboxylic acids is 1. The van der Waals surface area contributed by atoms with E-state index in [9.17, 15) is 4.79 Å². The first-order chi connectivity index (χ1) is 11.6. The summed E-state index contributed by atoms with van der Waals surface area (Å²) >= 11 is 7.46. The average molecular weight is 360 g/mol. The maximum absolute atomic E-state index is 12.0. The molecule has 0 spiro atoms. The molecular formula is C18H14ClNO3S. The van der Waals surface area contributed by atoms with Crippen molar-refractivity contribution in [2.75, 3.05) is 7.11 Å². The summed E-state index contributed by atoms with van der Waals surface area (Å²) in [4.78, 5) is 16.5. The summed E-state index contributed by atoms with van der Waals surface area (Å²) in [6, 6.07) is 14.3. The Morgan fingerprint density at radius 1 is 1.17 bits per heavy atom. The van der Waals surface area contributed by atoms with Gasteiger partial charge in [0, 0.05) is 16.0 Å². The van der Waals surface area contributed by atoms with E-state index in [1.165, 1.54) is 11.3 Å². The molecule has 0 unspecified atom stereocenters. The number of hydrogen-bond donors (Lipinski definition) is 0. The second-order valence-electron chi connectivity index (χ2n) is 4.98. The van der Waals surface area contributed by atoms with E-state index < -0.39 is 0 Å². The number of ether oxygens (including phenoxy) is 2. The Balaban J connectivity index is 1.64. The predicted molar refractivity (Wildman–Crippen MR) is 94.9 cm³/mol. The van der Waals surface area contributed by atoms with E-state index >= 15 is 0 Å². The van der Waals surface area contributed by atoms with Gasteiger partial charge in [0.2, 0.25) is 0 Å². The minimum Gasteiger partial charge on any atom is -0.497 e. The van der Waals surface area contributed by atoms with E-state index in [2.05, 4.69) is 4.98 Å². The van der Waals surface area contributed by atoms with Gasteiger partial charge in [0.05, 0.1) is 19.2 Å². The lowest BCUT2D eigenvalue weighted by Crippen LogP contribution is -2.11. The van der Waals surface area contributed by atoms with Crippen LogP contribution in [-0.2, 0) is 11.2 Å². The molecule has 0 aliphatic heterocycles. The molecule has 0 amide bonds. The molecule has 2 aromatic carbocycles. The van der Waals surface area contributed by atoms with Gasteiger partial charge < -0.3 is 9.47 Å². The lowest BCUT2D eigenvalue weighted by atomic mass is 10.2. The van der Waals surface area contributed by atoms with Gasteiger partial charge in [-0.2, -0.15) is 0 Å². The van der Waals surface area contributed by atoms with Crippen LogP contribution >= 0.6 is 22.9 Å². The Bertz CT molecular complexity index is 845. The van der Waals surface area contributed by atoms with Gasteiger partial charge in [-0.15, -0.1) is 11.3 Å². The Labute approximate surface area is 148 Å². The smallest absolute Gasteiger partial charge is 0.317 e. The molecule has 0 saturated heterocycles. The summed E-state index contributed by atoms with van der Waals surface area (Å²) in [5.41, 5.74) is 1.61. The number of aromatic nitrogens is 1. The molecule has 0 aliphatic rings. The first-order valence-electron chi connectivity index (χ1n) is 7.19. The summed E-state index contributed by atoms with van der Waals surface area (Å²) in [5.74, 6) is 0.828. The fraction of sp³-hybridized carbons (Fsp3) is 0.111. The molecule has 3 aromatic rings. The molecule has 3 rings (SSSR count). The molecule has 0 N–H and O–H groups in total. The quantitative estimate of drug-likeness (QED) is 0.492. The molecule has 0 radical (unpaired) electrons. The number of thiazole rings is 1. The van der Waals surface area contributed by atoms with E-state index in [0.29, 0.717) is 22.2 Å². The second-order valence-corrected chi connectivity index (χ2v) is 6.28. The molecule has 0 saturated carbocycles. The van der Waals surface area contributed by atoms with Crippen molar-refractivity contribution in [2.24, 2.45) is 0 Å². The van der Waals surface area contributed by atoms with Crippen molar-refractivity contribution < 1.29 is 14.3 Å². The van der Waals surface area contributed by atoms with Crippen LogP contribution in [0.5, 0.6) is 11.5 Å². The van der Waals surface area contributed by atoms with Crippen molar-refractivity contribution in [3.05, 3.63) is 64.6 Å². The van der Waals surface area contributed by atoms with Crippen molar-refractivity contribution in [3.63, 3.8) is 0 Å². The number of rotatable bonds is 5. The molecule has 0 bridgehead atoms. The number of benzene rings is 2. The summed E-state index contributed by atoms with van der Waals surface area (Å²) in [6.45, 7) is 0. The molecule has 6 heteroatoms. The Kier molecular flexibility index (Phi) is 5.13. The zero-order valence-electron chi connectivity index (χ0n) is 12.9. The Hall–Kier alpha value is -2.37. The zero-order chi connectivity index (χ0) is 16.9. The summed E-state index contributed by atoms with van der Waals surface area (Å²) in [6.07, 6.45) is 0.114. The van der Waals surface area contributed by atoms with E-state index in [-0.39, 0.29) is 12.4 Å². The number of nitrogens with zero attached hydrogens (tertiary/aromatic N) is 1. The second kappa shape index (κ2) is 7.47. The summed E-state index contributed by atoms with van der Waals surface area (Å²) in [5, 5.41) is 3.33. The highest BCUT2D eigenvalue weighted by Gasteiger charge is 2.11. The van der Waals surface area contributed by atoms with Crippen molar-refractivity contribution in [1.82, 2.24) is 4.98 Å². The van der Waals surface area contributed by atoms with Crippen molar-refractivity contribution in [3.8, 4) is 22.1 Å². The number of methoxy groups -OCH3 is 1. The van der Waals surface area contributed by atoms with E-state index in [4.69, 9.17) is 21.1 Å². The Morgan fingerprint density at radius 2 is 1.92 bits per heavy atom. The van der Waals surface area contributed by atoms with E-state index in [1.54, 1.807) is 31.4 Å². The van der Waals surface area contributed by atoms with Crippen molar-refractivity contribution in [1.29, 1.82) is 0 Å². The van der Waals surface area contributed by atoms with Gasteiger partial charge in [-0.1, -0.05) is 23.7 Å². The molecule has 0 atom stereocenters. The van der Waals surface area contributed by atoms with E-state index in [1.807, 2.05) is 29.6 Å². The minimum atomic E-state index is -0.358. The predicted octanol–water partition coefficient (Wildman–Crippen LogP) is 4.62. The lowest BCUT2D eigenvalue weighted by molar-refractivity contribution is -0.133. The van der Waals surface area contributed by atoms with Crippen LogP contribution in [-0.4, -0.2) is 18.1 Å². The summed E-state index contributed by atoms with van der Waals surface area (Å²) < 4.78 is 10.4. The zero-order valence-corrected chi connectivity index (χ0v) is 14.4. The number of carbonyl (C=O) groups is 1. The van der Waals surface area contributed by atoms with Crippen LogP contribution in [0.25, 0.3) is 10.6 Å². The maximum atomic E-state index is 12.0. The van der Waals surface area contributed by atoms with Gasteiger partial charge in [0.15, 0.2) is 0 Å². The third kappa shape index (κ3) is 4.13. The fourth-order valence-electron chi connectivity index (χ4n) is 2.10. The Morgan fingerprint density at radius 3 is 2.62 bits per heavy atom. The van der Waals surface area contributed by atoms with Crippen molar-refractivity contribution >= 4 is 28.9 Å². The third-order valence-electron chi connectivity index (χ3n) is 3.24. The van der Waals surface area contributed by atoms with Gasteiger partial charge in [0.25, 0.3) is 0 Å². The first-order valence-corrected chi connectivity index (χ1v) is 8.45. The first kappa shape index (κ1) is 16.5. The molecule has 24 heavy (non-hydrogen) atoms. The topological polar surface area (TPSA) is 48.4 Å². The standard InChI is InChI=1S/C18H14ClNO3S/c1-22-15-5-7-16(8-6-15)23-17(21)10-14-11-24-18(20-14)12-3-2-4-13(19)9-12/h2-9,11H,10H2,1H3.